The third-order valence-electron chi connectivity index (χ3n) is 4.99. The summed E-state index contributed by atoms with van der Waals surface area (Å²) in [7, 11) is 0. The van der Waals surface area contributed by atoms with Crippen LogP contribution in [-0.2, 0) is 11.2 Å². The summed E-state index contributed by atoms with van der Waals surface area (Å²) in [5.74, 6) is 1.45. The number of anilines is 1. The maximum Gasteiger partial charge on any atom is 0.237 e. The van der Waals surface area contributed by atoms with Gasteiger partial charge in [0, 0.05) is 12.0 Å². The molecule has 144 valence electrons. The Morgan fingerprint density at radius 1 is 1.30 bits per heavy atom. The number of aryl methyl sites for hydroxylation is 1. The Kier molecular flexibility index (Phi) is 6.66. The maximum atomic E-state index is 12.5. The van der Waals surface area contributed by atoms with Crippen molar-refractivity contribution in [3.05, 3.63) is 35.7 Å². The minimum atomic E-state index is -0.372. The molecule has 0 saturated heterocycles. The summed E-state index contributed by atoms with van der Waals surface area (Å²) in [6, 6.07) is 7.03. The molecule has 0 bridgehead atoms. The third-order valence-corrected chi connectivity index (χ3v) is 5.95. The summed E-state index contributed by atoms with van der Waals surface area (Å²) >= 11 is 1.31. The number of aromatic nitrogens is 3. The Morgan fingerprint density at radius 2 is 2.04 bits per heavy atom. The van der Waals surface area contributed by atoms with Crippen LogP contribution in [0.1, 0.15) is 62.1 Å². The van der Waals surface area contributed by atoms with Gasteiger partial charge in [-0.3, -0.25) is 14.7 Å². The van der Waals surface area contributed by atoms with Crippen molar-refractivity contribution in [3.8, 4) is 0 Å². The number of ketones is 1. The van der Waals surface area contributed by atoms with Crippen molar-refractivity contribution < 1.29 is 9.59 Å². The zero-order valence-electron chi connectivity index (χ0n) is 15.8. The predicted molar refractivity (Wildman–Crippen MR) is 107 cm³/mol. The van der Waals surface area contributed by atoms with Crippen LogP contribution in [0.2, 0.25) is 0 Å². The lowest BCUT2D eigenvalue weighted by atomic mass is 10.0. The van der Waals surface area contributed by atoms with Crippen LogP contribution < -0.4 is 5.32 Å². The van der Waals surface area contributed by atoms with Gasteiger partial charge < -0.3 is 5.32 Å². The number of amides is 1. The molecule has 0 spiro atoms. The number of hydrogen-bond donors (Lipinski definition) is 2. The van der Waals surface area contributed by atoms with Crippen LogP contribution in [0.15, 0.2) is 29.4 Å². The summed E-state index contributed by atoms with van der Waals surface area (Å²) in [4.78, 5) is 28.7. The standard InChI is InChI=1S/C20H26N4O2S/c1-13(25)16-9-5-6-10-17(16)21-19(26)14(2)27-20-22-18(23-24-20)12-11-15-7-3-4-8-15/h5-6,9-10,14-15H,3-4,7-8,11-12H2,1-2H3,(H,21,26)(H,22,23,24). The summed E-state index contributed by atoms with van der Waals surface area (Å²) in [5.41, 5.74) is 1.05. The average molecular weight is 387 g/mol. The second-order valence-electron chi connectivity index (χ2n) is 7.10. The Labute approximate surface area is 163 Å². The normalized spacial score (nSPS) is 15.6. The number of benzene rings is 1. The van der Waals surface area contributed by atoms with Crippen LogP contribution in [0, 0.1) is 5.92 Å². The van der Waals surface area contributed by atoms with E-state index in [1.54, 1.807) is 24.3 Å². The van der Waals surface area contributed by atoms with Crippen molar-refractivity contribution in [1.82, 2.24) is 15.2 Å². The highest BCUT2D eigenvalue weighted by Gasteiger charge is 2.20. The SMILES string of the molecule is CC(=O)c1ccccc1NC(=O)C(C)Sc1n[nH]c(CCC2CCCC2)n1. The Balaban J connectivity index is 1.53. The first kappa shape index (κ1) is 19.6. The molecule has 1 amide bonds. The molecule has 1 aromatic heterocycles. The van der Waals surface area contributed by atoms with Gasteiger partial charge in [-0.25, -0.2) is 4.98 Å². The van der Waals surface area contributed by atoms with E-state index in [0.29, 0.717) is 16.4 Å². The number of carbonyl (C=O) groups is 2. The quantitative estimate of drug-likeness (QED) is 0.523. The lowest BCUT2D eigenvalue weighted by molar-refractivity contribution is -0.115. The van der Waals surface area contributed by atoms with Gasteiger partial charge in [0.25, 0.3) is 0 Å². The molecule has 1 aliphatic rings. The number of hydrogen-bond acceptors (Lipinski definition) is 5. The first-order valence-electron chi connectivity index (χ1n) is 9.51. The third kappa shape index (κ3) is 5.42. The number of H-pyrrole nitrogens is 1. The molecule has 1 aromatic carbocycles. The molecular formula is C20H26N4O2S. The predicted octanol–water partition coefficient (Wildman–Crippen LogP) is 4.25. The zero-order valence-corrected chi connectivity index (χ0v) is 16.6. The molecule has 3 rings (SSSR count). The minimum Gasteiger partial charge on any atom is -0.324 e. The Morgan fingerprint density at radius 3 is 2.78 bits per heavy atom. The molecule has 1 aliphatic carbocycles. The number of thioether (sulfide) groups is 1. The summed E-state index contributed by atoms with van der Waals surface area (Å²) < 4.78 is 0. The lowest BCUT2D eigenvalue weighted by Crippen LogP contribution is -2.23. The number of rotatable bonds is 8. The van der Waals surface area contributed by atoms with Gasteiger partial charge in [0.1, 0.15) is 5.82 Å². The van der Waals surface area contributed by atoms with E-state index >= 15 is 0 Å². The highest BCUT2D eigenvalue weighted by atomic mass is 32.2. The van der Waals surface area contributed by atoms with Gasteiger partial charge >= 0.3 is 0 Å². The number of para-hydroxylation sites is 1. The molecule has 6 nitrogen and oxygen atoms in total. The van der Waals surface area contributed by atoms with E-state index < -0.39 is 0 Å². The molecule has 1 atom stereocenters. The molecule has 27 heavy (non-hydrogen) atoms. The van der Waals surface area contributed by atoms with E-state index in [0.717, 1.165) is 24.6 Å². The van der Waals surface area contributed by atoms with Crippen molar-refractivity contribution in [2.45, 2.75) is 62.8 Å². The van der Waals surface area contributed by atoms with Crippen LogP contribution in [0.25, 0.3) is 0 Å². The Hall–Kier alpha value is -2.15. The molecule has 0 aliphatic heterocycles. The van der Waals surface area contributed by atoms with Crippen LogP contribution in [0.4, 0.5) is 5.69 Å². The van der Waals surface area contributed by atoms with Gasteiger partial charge in [0.2, 0.25) is 11.1 Å². The lowest BCUT2D eigenvalue weighted by Gasteiger charge is -2.12. The van der Waals surface area contributed by atoms with Gasteiger partial charge in [-0.1, -0.05) is 49.6 Å². The molecule has 2 aromatic rings. The molecule has 0 radical (unpaired) electrons. The zero-order chi connectivity index (χ0) is 19.2. The van der Waals surface area contributed by atoms with Crippen LogP contribution >= 0.6 is 11.8 Å². The minimum absolute atomic E-state index is 0.0768. The summed E-state index contributed by atoms with van der Waals surface area (Å²) in [6.07, 6.45) is 7.41. The van der Waals surface area contributed by atoms with Gasteiger partial charge in [-0.05, 0) is 38.3 Å². The van der Waals surface area contributed by atoms with Crippen LogP contribution in [0.3, 0.4) is 0 Å². The van der Waals surface area contributed by atoms with Crippen molar-refractivity contribution in [1.29, 1.82) is 0 Å². The van der Waals surface area contributed by atoms with E-state index in [4.69, 9.17) is 0 Å². The summed E-state index contributed by atoms with van der Waals surface area (Å²) in [5, 5.41) is 10.3. The van der Waals surface area contributed by atoms with Crippen molar-refractivity contribution in [2.24, 2.45) is 5.92 Å². The first-order valence-corrected chi connectivity index (χ1v) is 10.4. The molecule has 1 saturated carbocycles. The van der Waals surface area contributed by atoms with Gasteiger partial charge in [0.05, 0.1) is 10.9 Å². The highest BCUT2D eigenvalue weighted by Crippen LogP contribution is 2.28. The average Bonchev–Trinajstić information content (AvgIpc) is 3.32. The van der Waals surface area contributed by atoms with E-state index in [9.17, 15) is 9.59 Å². The number of nitrogens with zero attached hydrogens (tertiary/aromatic N) is 2. The number of aromatic amines is 1. The molecule has 1 fully saturated rings. The van der Waals surface area contributed by atoms with Gasteiger partial charge in [0.15, 0.2) is 5.78 Å². The number of Topliss-reactive ketones (excluding diaryl/α,β-unsaturated/α-hetero) is 1. The fourth-order valence-electron chi connectivity index (χ4n) is 3.43. The molecule has 2 N–H and O–H groups in total. The largest absolute Gasteiger partial charge is 0.324 e. The molecule has 7 heteroatoms. The maximum absolute atomic E-state index is 12.5. The summed E-state index contributed by atoms with van der Waals surface area (Å²) in [6.45, 7) is 3.30. The highest BCUT2D eigenvalue weighted by molar-refractivity contribution is 8.00. The van der Waals surface area contributed by atoms with E-state index in [2.05, 4.69) is 20.5 Å². The fourth-order valence-corrected chi connectivity index (χ4v) is 4.17. The fraction of sp³-hybridized carbons (Fsp3) is 0.500. The van der Waals surface area contributed by atoms with Gasteiger partial charge in [-0.15, -0.1) is 5.10 Å². The number of nitrogens with one attached hydrogen (secondary N) is 2. The van der Waals surface area contributed by atoms with Crippen molar-refractivity contribution in [3.63, 3.8) is 0 Å². The van der Waals surface area contributed by atoms with E-state index in [-0.39, 0.29) is 16.9 Å². The smallest absolute Gasteiger partial charge is 0.237 e. The van der Waals surface area contributed by atoms with Crippen molar-refractivity contribution >= 4 is 29.1 Å². The second kappa shape index (κ2) is 9.17. The monoisotopic (exact) mass is 386 g/mol. The Bertz CT molecular complexity index is 799. The molecule has 1 heterocycles. The van der Waals surface area contributed by atoms with Crippen molar-refractivity contribution in [2.75, 3.05) is 5.32 Å². The molecular weight excluding hydrogens is 360 g/mol. The van der Waals surface area contributed by atoms with Crippen LogP contribution in [0.5, 0.6) is 0 Å². The van der Waals surface area contributed by atoms with E-state index in [1.807, 2.05) is 6.92 Å². The van der Waals surface area contributed by atoms with Crippen LogP contribution in [-0.4, -0.2) is 32.1 Å². The first-order chi connectivity index (χ1) is 13.0. The second-order valence-corrected chi connectivity index (χ2v) is 8.41. The topological polar surface area (TPSA) is 87.7 Å². The number of carbonyl (C=O) groups excluding carboxylic acids is 2. The molecule has 1 unspecified atom stereocenters. The van der Waals surface area contributed by atoms with E-state index in [1.165, 1.54) is 44.4 Å². The van der Waals surface area contributed by atoms with Gasteiger partial charge in [-0.2, -0.15) is 0 Å².